The molecule has 0 fully saturated rings. The third-order valence-electron chi connectivity index (χ3n) is 4.65. The molecule has 4 rings (SSSR count). The first-order valence-corrected chi connectivity index (χ1v) is 12.1. The van der Waals surface area contributed by atoms with Crippen molar-refractivity contribution in [2.75, 3.05) is 10.6 Å². The molecule has 0 aliphatic carbocycles. The van der Waals surface area contributed by atoms with Crippen LogP contribution in [0.4, 0.5) is 11.5 Å². The standard InChI is InChI=1S/C23H17ClN4O3S2/c24-16-9-10-20(26-13-16)28-23(30)21-18(11-12-32-21)27-22(29)15-7-5-14(6-8-15)17-3-1-2-4-19(17)33(25)31/h1-13H,25H2,(H,27,29)(H,26,28,30). The molecule has 0 bridgehead atoms. The molecule has 0 radical (unpaired) electrons. The van der Waals surface area contributed by atoms with E-state index in [9.17, 15) is 14.1 Å². The van der Waals surface area contributed by atoms with Gasteiger partial charge >= 0.3 is 0 Å². The molecule has 1 atom stereocenters. The number of amides is 2. The second-order valence-corrected chi connectivity index (χ2v) is 9.19. The molecule has 166 valence electrons. The number of carbonyl (C=O) groups excluding carboxylic acids is 2. The summed E-state index contributed by atoms with van der Waals surface area (Å²) in [5.74, 6) is -0.407. The summed E-state index contributed by atoms with van der Waals surface area (Å²) in [6.07, 6.45) is 1.43. The summed E-state index contributed by atoms with van der Waals surface area (Å²) in [6.45, 7) is 0. The molecule has 4 N–H and O–H groups in total. The fourth-order valence-electron chi connectivity index (χ4n) is 3.08. The predicted octanol–water partition coefficient (Wildman–Crippen LogP) is 4.95. The molecule has 0 saturated carbocycles. The van der Waals surface area contributed by atoms with Crippen molar-refractivity contribution in [1.82, 2.24) is 4.98 Å². The van der Waals surface area contributed by atoms with Gasteiger partial charge in [0.05, 0.1) is 22.1 Å². The smallest absolute Gasteiger partial charge is 0.269 e. The highest BCUT2D eigenvalue weighted by Crippen LogP contribution is 2.28. The highest BCUT2D eigenvalue weighted by molar-refractivity contribution is 7.89. The fraction of sp³-hybridized carbons (Fsp3) is 0. The van der Waals surface area contributed by atoms with E-state index in [0.29, 0.717) is 31.9 Å². The number of nitrogens with one attached hydrogen (secondary N) is 2. The minimum absolute atomic E-state index is 0.344. The number of nitrogens with two attached hydrogens (primary N) is 1. The van der Waals surface area contributed by atoms with E-state index in [0.717, 1.165) is 11.1 Å². The Labute approximate surface area is 201 Å². The average molecular weight is 497 g/mol. The Morgan fingerprint density at radius 3 is 2.42 bits per heavy atom. The van der Waals surface area contributed by atoms with Crippen LogP contribution in [0.3, 0.4) is 0 Å². The van der Waals surface area contributed by atoms with Gasteiger partial charge in [0, 0.05) is 17.3 Å². The van der Waals surface area contributed by atoms with Gasteiger partial charge in [0.25, 0.3) is 11.8 Å². The number of anilines is 2. The maximum Gasteiger partial charge on any atom is 0.269 e. The zero-order chi connectivity index (χ0) is 23.4. The van der Waals surface area contributed by atoms with Crippen LogP contribution >= 0.6 is 22.9 Å². The molecule has 33 heavy (non-hydrogen) atoms. The van der Waals surface area contributed by atoms with Crippen LogP contribution in [-0.2, 0) is 11.4 Å². The van der Waals surface area contributed by atoms with Crippen LogP contribution in [0, 0.1) is 0 Å². The van der Waals surface area contributed by atoms with Gasteiger partial charge in [-0.05, 0) is 53.4 Å². The lowest BCUT2D eigenvalue weighted by atomic mass is 10.0. The number of pyridine rings is 1. The normalized spacial score (nSPS) is 11.6. The SMILES string of the molecule is N[S+]([O-])c1ccccc1-c1ccc(C(=O)Nc2ccsc2C(=O)Nc2ccc(Cl)cn2)cc1. The van der Waals surface area contributed by atoms with Crippen LogP contribution in [0.15, 0.2) is 83.2 Å². The minimum atomic E-state index is -1.63. The number of thiophene rings is 1. The largest absolute Gasteiger partial charge is 0.593 e. The molecule has 0 aliphatic rings. The highest BCUT2D eigenvalue weighted by Gasteiger charge is 2.18. The number of benzene rings is 2. The van der Waals surface area contributed by atoms with E-state index >= 15 is 0 Å². The van der Waals surface area contributed by atoms with Crippen LogP contribution in [0.2, 0.25) is 5.02 Å². The quantitative estimate of drug-likeness (QED) is 0.326. The van der Waals surface area contributed by atoms with Crippen LogP contribution in [0.1, 0.15) is 20.0 Å². The number of aromatic nitrogens is 1. The third-order valence-corrected chi connectivity index (χ3v) is 6.58. The molecule has 4 aromatic rings. The number of halogens is 1. The van der Waals surface area contributed by atoms with Crippen LogP contribution < -0.4 is 15.8 Å². The zero-order valence-electron chi connectivity index (χ0n) is 16.9. The molecule has 7 nitrogen and oxygen atoms in total. The Morgan fingerprint density at radius 1 is 0.970 bits per heavy atom. The second kappa shape index (κ2) is 10.2. The molecule has 0 saturated heterocycles. The molecule has 2 heterocycles. The summed E-state index contributed by atoms with van der Waals surface area (Å²) in [5, 5.41) is 13.2. The van der Waals surface area contributed by atoms with Gasteiger partial charge in [0.2, 0.25) is 0 Å². The third kappa shape index (κ3) is 5.41. The van der Waals surface area contributed by atoms with Gasteiger partial charge in [-0.1, -0.05) is 35.9 Å². The maximum absolute atomic E-state index is 12.8. The molecular formula is C23H17ClN4O3S2. The highest BCUT2D eigenvalue weighted by atomic mass is 35.5. The van der Waals surface area contributed by atoms with E-state index < -0.39 is 17.3 Å². The van der Waals surface area contributed by atoms with Crippen molar-refractivity contribution in [2.24, 2.45) is 5.14 Å². The number of nitrogens with zero attached hydrogens (tertiary/aromatic N) is 1. The van der Waals surface area contributed by atoms with Gasteiger partial charge in [-0.25, -0.2) is 4.98 Å². The number of hydrogen-bond donors (Lipinski definition) is 3. The number of rotatable bonds is 6. The molecule has 2 aromatic heterocycles. The summed E-state index contributed by atoms with van der Waals surface area (Å²) in [4.78, 5) is 30.3. The van der Waals surface area contributed by atoms with Crippen molar-refractivity contribution >= 4 is 57.6 Å². The lowest BCUT2D eigenvalue weighted by Gasteiger charge is -2.10. The Morgan fingerprint density at radius 2 is 1.73 bits per heavy atom. The van der Waals surface area contributed by atoms with Gasteiger partial charge in [-0.3, -0.25) is 9.59 Å². The van der Waals surface area contributed by atoms with Gasteiger partial charge < -0.3 is 15.2 Å². The molecule has 2 amide bonds. The van der Waals surface area contributed by atoms with Gasteiger partial charge in [-0.2, -0.15) is 0 Å². The van der Waals surface area contributed by atoms with E-state index in [4.69, 9.17) is 16.7 Å². The van der Waals surface area contributed by atoms with Crippen molar-refractivity contribution in [3.05, 3.63) is 93.8 Å². The van der Waals surface area contributed by atoms with Crippen molar-refractivity contribution in [1.29, 1.82) is 0 Å². The monoisotopic (exact) mass is 496 g/mol. The van der Waals surface area contributed by atoms with Crippen molar-refractivity contribution in [3.8, 4) is 11.1 Å². The number of hydrogen-bond acceptors (Lipinski definition) is 6. The molecule has 0 spiro atoms. The predicted molar refractivity (Wildman–Crippen MR) is 132 cm³/mol. The van der Waals surface area contributed by atoms with Crippen molar-refractivity contribution < 1.29 is 14.1 Å². The average Bonchev–Trinajstić information content (AvgIpc) is 3.29. The molecular weight excluding hydrogens is 480 g/mol. The van der Waals surface area contributed by atoms with Gasteiger partial charge in [-0.15, -0.1) is 16.5 Å². The Balaban J connectivity index is 1.48. The Hall–Kier alpha value is -3.21. The lowest BCUT2D eigenvalue weighted by Crippen LogP contribution is -2.17. The summed E-state index contributed by atoms with van der Waals surface area (Å²) < 4.78 is 11.8. The first-order chi connectivity index (χ1) is 15.9. The van der Waals surface area contributed by atoms with Crippen LogP contribution in [0.25, 0.3) is 11.1 Å². The summed E-state index contributed by atoms with van der Waals surface area (Å²) >= 11 is 5.39. The molecule has 2 aromatic carbocycles. The minimum Gasteiger partial charge on any atom is -0.593 e. The van der Waals surface area contributed by atoms with E-state index in [-0.39, 0.29) is 5.91 Å². The van der Waals surface area contributed by atoms with Gasteiger partial charge in [0.15, 0.2) is 4.90 Å². The van der Waals surface area contributed by atoms with E-state index in [1.54, 1.807) is 60.0 Å². The fourth-order valence-corrected chi connectivity index (χ4v) is 4.55. The van der Waals surface area contributed by atoms with Crippen LogP contribution in [-0.4, -0.2) is 21.4 Å². The second-order valence-electron chi connectivity index (χ2n) is 6.80. The summed E-state index contributed by atoms with van der Waals surface area (Å²) in [7, 11) is 0. The van der Waals surface area contributed by atoms with Gasteiger partial charge in [0.1, 0.15) is 10.7 Å². The molecule has 0 aliphatic heterocycles. The van der Waals surface area contributed by atoms with Crippen molar-refractivity contribution in [2.45, 2.75) is 4.90 Å². The first kappa shape index (κ1) is 23.0. The Bertz CT molecular complexity index is 1290. The van der Waals surface area contributed by atoms with Crippen molar-refractivity contribution in [3.63, 3.8) is 0 Å². The lowest BCUT2D eigenvalue weighted by molar-refractivity contribution is 0.102. The summed E-state index contributed by atoms with van der Waals surface area (Å²) in [6, 6.07) is 18.8. The maximum atomic E-state index is 12.8. The summed E-state index contributed by atoms with van der Waals surface area (Å²) in [5.41, 5.74) is 2.32. The number of carbonyl (C=O) groups is 2. The van der Waals surface area contributed by atoms with E-state index in [1.165, 1.54) is 17.5 Å². The molecule has 1 unspecified atom stereocenters. The first-order valence-electron chi connectivity index (χ1n) is 9.60. The van der Waals surface area contributed by atoms with E-state index in [1.807, 2.05) is 12.1 Å². The van der Waals surface area contributed by atoms with Crippen LogP contribution in [0.5, 0.6) is 0 Å². The van der Waals surface area contributed by atoms with E-state index in [2.05, 4.69) is 15.6 Å². The molecule has 10 heteroatoms. The zero-order valence-corrected chi connectivity index (χ0v) is 19.3. The Kier molecular flexibility index (Phi) is 7.07. The topological polar surface area (TPSA) is 120 Å².